The highest BCUT2D eigenvalue weighted by molar-refractivity contribution is 9.10. The zero-order valence-corrected chi connectivity index (χ0v) is 10.9. The summed E-state index contributed by atoms with van der Waals surface area (Å²) in [5.41, 5.74) is 2.79. The maximum absolute atomic E-state index is 11.4. The SMILES string of the molecule is Cc1cn2nc(C3CC3)c(C(=O)O)c2cc1Br. The van der Waals surface area contributed by atoms with E-state index < -0.39 is 5.97 Å². The Kier molecular flexibility index (Phi) is 2.26. The van der Waals surface area contributed by atoms with Gasteiger partial charge in [-0.15, -0.1) is 0 Å². The summed E-state index contributed by atoms with van der Waals surface area (Å²) in [6, 6.07) is 1.83. The van der Waals surface area contributed by atoms with Crippen molar-refractivity contribution in [2.24, 2.45) is 0 Å². The summed E-state index contributed by atoms with van der Waals surface area (Å²) in [6.45, 7) is 1.96. The zero-order chi connectivity index (χ0) is 12.2. The van der Waals surface area contributed by atoms with Crippen molar-refractivity contribution in [1.82, 2.24) is 9.61 Å². The highest BCUT2D eigenvalue weighted by Gasteiger charge is 2.32. The van der Waals surface area contributed by atoms with Gasteiger partial charge in [-0.1, -0.05) is 15.9 Å². The quantitative estimate of drug-likeness (QED) is 0.926. The maximum Gasteiger partial charge on any atom is 0.339 e. The van der Waals surface area contributed by atoms with Crippen molar-refractivity contribution in [3.8, 4) is 0 Å². The van der Waals surface area contributed by atoms with Gasteiger partial charge in [0.25, 0.3) is 0 Å². The van der Waals surface area contributed by atoms with E-state index in [1.54, 1.807) is 4.52 Å². The van der Waals surface area contributed by atoms with Crippen molar-refractivity contribution in [2.75, 3.05) is 0 Å². The van der Waals surface area contributed by atoms with E-state index in [1.807, 2.05) is 19.2 Å². The van der Waals surface area contributed by atoms with Crippen molar-refractivity contribution < 1.29 is 9.90 Å². The smallest absolute Gasteiger partial charge is 0.339 e. The molecule has 1 aliphatic carbocycles. The molecule has 0 unspecified atom stereocenters. The van der Waals surface area contributed by atoms with Crippen molar-refractivity contribution in [1.29, 1.82) is 0 Å². The number of carboxylic acids is 1. The number of hydrogen-bond acceptors (Lipinski definition) is 2. The molecule has 0 amide bonds. The summed E-state index contributed by atoms with van der Waals surface area (Å²) >= 11 is 3.43. The number of fused-ring (bicyclic) bond motifs is 1. The third-order valence-corrected chi connectivity index (χ3v) is 3.96. The molecule has 5 heteroatoms. The average molecular weight is 295 g/mol. The van der Waals surface area contributed by atoms with Crippen LogP contribution in [0.2, 0.25) is 0 Å². The van der Waals surface area contributed by atoms with Gasteiger partial charge in [0.05, 0.1) is 11.2 Å². The number of halogens is 1. The van der Waals surface area contributed by atoms with Crippen molar-refractivity contribution >= 4 is 27.4 Å². The van der Waals surface area contributed by atoms with Crippen LogP contribution in [0.15, 0.2) is 16.7 Å². The maximum atomic E-state index is 11.4. The van der Waals surface area contributed by atoms with Crippen LogP contribution >= 0.6 is 15.9 Å². The summed E-state index contributed by atoms with van der Waals surface area (Å²) < 4.78 is 2.59. The van der Waals surface area contributed by atoms with Gasteiger partial charge < -0.3 is 5.11 Å². The Morgan fingerprint density at radius 1 is 1.59 bits per heavy atom. The van der Waals surface area contributed by atoms with E-state index in [4.69, 9.17) is 0 Å². The van der Waals surface area contributed by atoms with Crippen molar-refractivity contribution in [2.45, 2.75) is 25.7 Å². The fourth-order valence-corrected chi connectivity index (χ4v) is 2.36. The molecule has 1 saturated carbocycles. The molecule has 0 aliphatic heterocycles. The van der Waals surface area contributed by atoms with Gasteiger partial charge in [0.1, 0.15) is 5.56 Å². The normalized spacial score (nSPS) is 15.4. The third kappa shape index (κ3) is 1.65. The Bertz CT molecular complexity index is 629. The molecule has 2 aromatic heterocycles. The van der Waals surface area contributed by atoms with Crippen LogP contribution in [-0.4, -0.2) is 20.7 Å². The standard InChI is InChI=1S/C12H11BrN2O2/c1-6-5-15-9(4-8(6)13)10(12(16)17)11(14-15)7-2-3-7/h4-5,7H,2-3H2,1H3,(H,16,17). The number of carbonyl (C=O) groups is 1. The Labute approximate surface area is 106 Å². The van der Waals surface area contributed by atoms with Gasteiger partial charge in [0.15, 0.2) is 0 Å². The van der Waals surface area contributed by atoms with E-state index in [0.29, 0.717) is 17.0 Å². The van der Waals surface area contributed by atoms with Crippen molar-refractivity contribution in [3.05, 3.63) is 33.6 Å². The number of rotatable bonds is 2. The highest BCUT2D eigenvalue weighted by atomic mass is 79.9. The third-order valence-electron chi connectivity index (χ3n) is 3.11. The number of aromatic nitrogens is 2. The molecule has 0 radical (unpaired) electrons. The molecule has 0 bridgehead atoms. The van der Waals surface area contributed by atoms with Gasteiger partial charge in [-0.25, -0.2) is 9.31 Å². The van der Waals surface area contributed by atoms with Gasteiger partial charge in [-0.05, 0) is 31.4 Å². The van der Waals surface area contributed by atoms with Crippen LogP contribution in [-0.2, 0) is 0 Å². The predicted octanol–water partition coefficient (Wildman–Crippen LogP) is 2.98. The van der Waals surface area contributed by atoms with E-state index in [0.717, 1.165) is 28.6 Å². The van der Waals surface area contributed by atoms with Gasteiger partial charge in [-0.2, -0.15) is 5.10 Å². The summed E-state index contributed by atoms with van der Waals surface area (Å²) in [6.07, 6.45) is 3.95. The first kappa shape index (κ1) is 10.8. The van der Waals surface area contributed by atoms with Crippen LogP contribution in [0.5, 0.6) is 0 Å². The predicted molar refractivity (Wildman–Crippen MR) is 66.6 cm³/mol. The zero-order valence-electron chi connectivity index (χ0n) is 9.27. The first-order chi connectivity index (χ1) is 8.08. The van der Waals surface area contributed by atoms with Gasteiger partial charge in [0, 0.05) is 16.6 Å². The van der Waals surface area contributed by atoms with Crippen LogP contribution < -0.4 is 0 Å². The van der Waals surface area contributed by atoms with Crippen LogP contribution in [0.3, 0.4) is 0 Å². The minimum atomic E-state index is -0.891. The lowest BCUT2D eigenvalue weighted by atomic mass is 10.1. The second kappa shape index (κ2) is 3.57. The minimum absolute atomic E-state index is 0.333. The number of nitrogens with zero attached hydrogens (tertiary/aromatic N) is 2. The molecule has 0 atom stereocenters. The molecular formula is C12H11BrN2O2. The largest absolute Gasteiger partial charge is 0.478 e. The monoisotopic (exact) mass is 294 g/mol. The second-order valence-electron chi connectivity index (χ2n) is 4.47. The van der Waals surface area contributed by atoms with Gasteiger partial charge in [0.2, 0.25) is 0 Å². The average Bonchev–Trinajstić information content (AvgIpc) is 3.02. The molecule has 1 N–H and O–H groups in total. The summed E-state index contributed by atoms with van der Waals surface area (Å²) in [7, 11) is 0. The Hall–Kier alpha value is -1.36. The Morgan fingerprint density at radius 3 is 2.88 bits per heavy atom. The van der Waals surface area contributed by atoms with Gasteiger partial charge >= 0.3 is 5.97 Å². The molecule has 4 nitrogen and oxygen atoms in total. The first-order valence-electron chi connectivity index (χ1n) is 5.49. The lowest BCUT2D eigenvalue weighted by Crippen LogP contribution is -1.99. The molecule has 17 heavy (non-hydrogen) atoms. The van der Waals surface area contributed by atoms with E-state index in [1.165, 1.54) is 0 Å². The molecular weight excluding hydrogens is 284 g/mol. The molecule has 2 aromatic rings. The molecule has 0 spiro atoms. The van der Waals surface area contributed by atoms with E-state index in [2.05, 4.69) is 21.0 Å². The summed E-state index contributed by atoms with van der Waals surface area (Å²) in [5.74, 6) is -0.558. The van der Waals surface area contributed by atoms with Crippen LogP contribution in [0.4, 0.5) is 0 Å². The second-order valence-corrected chi connectivity index (χ2v) is 5.33. The fraction of sp³-hybridized carbons (Fsp3) is 0.333. The van der Waals surface area contributed by atoms with Crippen LogP contribution in [0.1, 0.15) is 40.4 Å². The molecule has 1 aliphatic rings. The topological polar surface area (TPSA) is 54.6 Å². The first-order valence-corrected chi connectivity index (χ1v) is 6.29. The summed E-state index contributed by atoms with van der Waals surface area (Å²) in [4.78, 5) is 11.4. The molecule has 3 rings (SSSR count). The molecule has 1 fully saturated rings. The van der Waals surface area contributed by atoms with E-state index >= 15 is 0 Å². The number of carboxylic acid groups (broad SMARTS) is 1. The van der Waals surface area contributed by atoms with Crippen LogP contribution in [0, 0.1) is 6.92 Å². The Morgan fingerprint density at radius 2 is 2.29 bits per heavy atom. The Balaban J connectivity index is 2.34. The van der Waals surface area contributed by atoms with Crippen molar-refractivity contribution in [3.63, 3.8) is 0 Å². The van der Waals surface area contributed by atoms with E-state index in [9.17, 15) is 9.90 Å². The molecule has 0 saturated heterocycles. The lowest BCUT2D eigenvalue weighted by molar-refractivity contribution is 0.0697. The summed E-state index contributed by atoms with van der Waals surface area (Å²) in [5, 5.41) is 13.7. The molecule has 0 aromatic carbocycles. The number of aryl methyl sites for hydroxylation is 1. The highest BCUT2D eigenvalue weighted by Crippen LogP contribution is 2.42. The van der Waals surface area contributed by atoms with Crippen LogP contribution in [0.25, 0.3) is 5.52 Å². The number of aromatic carboxylic acids is 1. The molecule has 88 valence electrons. The lowest BCUT2D eigenvalue weighted by Gasteiger charge is -1.99. The fourth-order valence-electron chi connectivity index (χ4n) is 2.04. The number of pyridine rings is 1. The minimum Gasteiger partial charge on any atom is -0.478 e. The molecule has 2 heterocycles. The van der Waals surface area contributed by atoms with Gasteiger partial charge in [-0.3, -0.25) is 0 Å². The van der Waals surface area contributed by atoms with E-state index in [-0.39, 0.29) is 0 Å². The number of hydrogen-bond donors (Lipinski definition) is 1.